The van der Waals surface area contributed by atoms with Crippen LogP contribution >= 0.6 is 11.8 Å². The number of hydrogen-bond donors (Lipinski definition) is 3. The van der Waals surface area contributed by atoms with E-state index in [0.717, 1.165) is 0 Å². The van der Waals surface area contributed by atoms with Crippen molar-refractivity contribution in [2.45, 2.75) is 43.3 Å². The highest BCUT2D eigenvalue weighted by atomic mass is 32.2. The summed E-state index contributed by atoms with van der Waals surface area (Å²) < 4.78 is 24.7. The number of carbonyl (C=O) groups is 2. The summed E-state index contributed by atoms with van der Waals surface area (Å²) in [6.45, 7) is 4.72. The number of nitrogens with zero attached hydrogens (tertiary/aromatic N) is 3. The van der Waals surface area contributed by atoms with E-state index in [-0.39, 0.29) is 23.0 Å². The van der Waals surface area contributed by atoms with Crippen LogP contribution in [-0.4, -0.2) is 40.7 Å². The molecule has 5 N–H and O–H groups in total. The topological polar surface area (TPSA) is 163 Å². The minimum absolute atomic E-state index is 0.0473. The molecule has 0 radical (unpaired) electrons. The monoisotopic (exact) mass is 440 g/mol. The van der Waals surface area contributed by atoms with E-state index < -0.39 is 15.9 Å². The Morgan fingerprint density at radius 3 is 2.62 bits per heavy atom. The second-order valence-corrected chi connectivity index (χ2v) is 9.28. The Kier molecular flexibility index (Phi) is 7.76. The zero-order valence-electron chi connectivity index (χ0n) is 16.2. The maximum Gasteiger partial charge on any atom is 0.238 e. The van der Waals surface area contributed by atoms with Crippen LogP contribution in [0.4, 0.5) is 5.69 Å². The molecule has 0 saturated heterocycles. The number of hydrogen-bond acceptors (Lipinski definition) is 7. The van der Waals surface area contributed by atoms with Gasteiger partial charge in [0, 0.05) is 25.1 Å². The minimum atomic E-state index is -3.85. The van der Waals surface area contributed by atoms with Gasteiger partial charge in [0.1, 0.15) is 5.82 Å². The Morgan fingerprint density at radius 1 is 1.28 bits per heavy atom. The lowest BCUT2D eigenvalue weighted by Gasteiger charge is -2.12. The standard InChI is InChI=1S/C17H24N6O4S2/c1-11(2)9-23-15(7-6-14(18)24)21-22-17(23)28-10-16(25)20-12-4-3-5-13(8-12)29(19,26)27/h3-5,8,11H,6-7,9-10H2,1-2H3,(H2,18,24)(H,20,25)(H2,19,26,27). The summed E-state index contributed by atoms with van der Waals surface area (Å²) in [6.07, 6.45) is 0.546. The average molecular weight is 441 g/mol. The highest BCUT2D eigenvalue weighted by molar-refractivity contribution is 7.99. The molecule has 1 aromatic carbocycles. The second-order valence-electron chi connectivity index (χ2n) is 6.78. The van der Waals surface area contributed by atoms with Crippen LogP contribution in [0.2, 0.25) is 0 Å². The van der Waals surface area contributed by atoms with Crippen molar-refractivity contribution in [3.8, 4) is 0 Å². The van der Waals surface area contributed by atoms with Crippen molar-refractivity contribution in [2.75, 3.05) is 11.1 Å². The van der Waals surface area contributed by atoms with Gasteiger partial charge in [0.25, 0.3) is 0 Å². The fraction of sp³-hybridized carbons (Fsp3) is 0.412. The number of anilines is 1. The van der Waals surface area contributed by atoms with Gasteiger partial charge < -0.3 is 15.6 Å². The van der Waals surface area contributed by atoms with E-state index in [4.69, 9.17) is 10.9 Å². The van der Waals surface area contributed by atoms with E-state index in [1.54, 1.807) is 6.07 Å². The number of aryl methyl sites for hydroxylation is 1. The molecule has 10 nitrogen and oxygen atoms in total. The van der Waals surface area contributed by atoms with Crippen LogP contribution in [0, 0.1) is 5.92 Å². The largest absolute Gasteiger partial charge is 0.370 e. The Morgan fingerprint density at radius 2 is 2.00 bits per heavy atom. The Bertz CT molecular complexity index is 988. The fourth-order valence-electron chi connectivity index (χ4n) is 2.47. The number of nitrogens with one attached hydrogen (secondary N) is 1. The molecule has 0 aliphatic carbocycles. The molecule has 2 aromatic rings. The zero-order valence-corrected chi connectivity index (χ0v) is 17.8. The summed E-state index contributed by atoms with van der Waals surface area (Å²) in [5.41, 5.74) is 5.53. The molecule has 1 heterocycles. The smallest absolute Gasteiger partial charge is 0.238 e. The molecule has 29 heavy (non-hydrogen) atoms. The molecule has 1 aromatic heterocycles. The summed E-state index contributed by atoms with van der Waals surface area (Å²) in [7, 11) is -3.85. The molecule has 0 unspecified atom stereocenters. The number of carbonyl (C=O) groups excluding carboxylic acids is 2. The number of sulfonamides is 1. The number of primary amides is 1. The van der Waals surface area contributed by atoms with E-state index in [1.165, 1.54) is 30.0 Å². The van der Waals surface area contributed by atoms with Crippen LogP contribution in [-0.2, 0) is 32.6 Å². The van der Waals surface area contributed by atoms with Gasteiger partial charge in [-0.05, 0) is 24.1 Å². The van der Waals surface area contributed by atoms with Crippen LogP contribution in [0.5, 0.6) is 0 Å². The number of rotatable bonds is 10. The van der Waals surface area contributed by atoms with Crippen molar-refractivity contribution in [1.29, 1.82) is 0 Å². The summed E-state index contributed by atoms with van der Waals surface area (Å²) in [4.78, 5) is 23.2. The van der Waals surface area contributed by atoms with Crippen molar-refractivity contribution in [2.24, 2.45) is 16.8 Å². The lowest BCUT2D eigenvalue weighted by molar-refractivity contribution is -0.118. The number of primary sulfonamides is 1. The first kappa shape index (κ1) is 22.8. The van der Waals surface area contributed by atoms with Crippen LogP contribution in [0.1, 0.15) is 26.1 Å². The van der Waals surface area contributed by atoms with Crippen LogP contribution < -0.4 is 16.2 Å². The van der Waals surface area contributed by atoms with Gasteiger partial charge in [0.05, 0.1) is 10.6 Å². The van der Waals surface area contributed by atoms with E-state index in [1.807, 2.05) is 18.4 Å². The van der Waals surface area contributed by atoms with Gasteiger partial charge >= 0.3 is 0 Å². The lowest BCUT2D eigenvalue weighted by atomic mass is 10.2. The first-order chi connectivity index (χ1) is 13.6. The Labute approximate surface area is 173 Å². The molecule has 0 aliphatic heterocycles. The zero-order chi connectivity index (χ0) is 21.6. The van der Waals surface area contributed by atoms with Gasteiger partial charge in [0.15, 0.2) is 5.16 Å². The molecule has 2 rings (SSSR count). The molecule has 0 spiro atoms. The third-order valence-electron chi connectivity index (χ3n) is 3.71. The number of amides is 2. The molecular weight excluding hydrogens is 416 g/mol. The molecule has 0 saturated carbocycles. The fourth-order valence-corrected chi connectivity index (χ4v) is 3.80. The summed E-state index contributed by atoms with van der Waals surface area (Å²) in [6, 6.07) is 5.70. The van der Waals surface area contributed by atoms with Gasteiger partial charge in [-0.25, -0.2) is 13.6 Å². The molecule has 12 heteroatoms. The molecule has 0 fully saturated rings. The lowest BCUT2D eigenvalue weighted by Crippen LogP contribution is -2.17. The summed E-state index contributed by atoms with van der Waals surface area (Å²) in [5.74, 6) is 0.249. The predicted molar refractivity (Wildman–Crippen MR) is 110 cm³/mol. The number of benzene rings is 1. The van der Waals surface area contributed by atoms with Crippen LogP contribution in [0.25, 0.3) is 0 Å². The molecule has 0 atom stereocenters. The van der Waals surface area contributed by atoms with Crippen molar-refractivity contribution >= 4 is 39.3 Å². The molecule has 2 amide bonds. The highest BCUT2D eigenvalue weighted by Gasteiger charge is 2.16. The van der Waals surface area contributed by atoms with Gasteiger partial charge in [-0.3, -0.25) is 9.59 Å². The second kappa shape index (κ2) is 9.85. The van der Waals surface area contributed by atoms with Crippen molar-refractivity contribution in [3.05, 3.63) is 30.1 Å². The summed E-state index contributed by atoms with van der Waals surface area (Å²) >= 11 is 1.20. The van der Waals surface area contributed by atoms with E-state index >= 15 is 0 Å². The molecule has 158 valence electrons. The predicted octanol–water partition coefficient (Wildman–Crippen LogP) is 0.730. The Hall–Kier alpha value is -2.44. The van der Waals surface area contributed by atoms with E-state index in [0.29, 0.717) is 35.6 Å². The number of thioether (sulfide) groups is 1. The average Bonchev–Trinajstić information content (AvgIpc) is 2.98. The molecule has 0 bridgehead atoms. The SMILES string of the molecule is CC(C)Cn1c(CCC(N)=O)nnc1SCC(=O)Nc1cccc(S(N)(=O)=O)c1. The quantitative estimate of drug-likeness (QED) is 0.458. The van der Waals surface area contributed by atoms with Gasteiger partial charge in [-0.2, -0.15) is 0 Å². The molecular formula is C17H24N6O4S2. The van der Waals surface area contributed by atoms with Crippen LogP contribution in [0.15, 0.2) is 34.3 Å². The maximum atomic E-state index is 12.3. The van der Waals surface area contributed by atoms with Crippen molar-refractivity contribution < 1.29 is 18.0 Å². The summed E-state index contributed by atoms with van der Waals surface area (Å²) in [5, 5.41) is 16.5. The first-order valence-corrected chi connectivity index (χ1v) is 11.4. The third-order valence-corrected chi connectivity index (χ3v) is 5.59. The van der Waals surface area contributed by atoms with Crippen molar-refractivity contribution in [3.63, 3.8) is 0 Å². The minimum Gasteiger partial charge on any atom is -0.370 e. The van der Waals surface area contributed by atoms with Gasteiger partial charge in [0.2, 0.25) is 21.8 Å². The van der Waals surface area contributed by atoms with Crippen LogP contribution in [0.3, 0.4) is 0 Å². The molecule has 0 aliphatic rings. The van der Waals surface area contributed by atoms with Gasteiger partial charge in [-0.1, -0.05) is 31.7 Å². The maximum absolute atomic E-state index is 12.3. The highest BCUT2D eigenvalue weighted by Crippen LogP contribution is 2.20. The number of nitrogens with two attached hydrogens (primary N) is 2. The normalized spacial score (nSPS) is 11.6. The number of aromatic nitrogens is 3. The van der Waals surface area contributed by atoms with E-state index in [2.05, 4.69) is 15.5 Å². The van der Waals surface area contributed by atoms with E-state index in [9.17, 15) is 18.0 Å². The first-order valence-electron chi connectivity index (χ1n) is 8.82. The Balaban J connectivity index is 2.05. The van der Waals surface area contributed by atoms with Gasteiger partial charge in [-0.15, -0.1) is 10.2 Å². The third kappa shape index (κ3) is 7.15. The van der Waals surface area contributed by atoms with Crippen molar-refractivity contribution in [1.82, 2.24) is 14.8 Å².